The molecule has 2 N–H and O–H groups in total. The normalized spacial score (nSPS) is 16.9. The maximum atomic E-state index is 12.2. The SMILES string of the molecule is CC(C)Oc1ccc2[nH]c(=O)n(C3CCNCC3)c2c1. The van der Waals surface area contributed by atoms with Gasteiger partial charge in [0.1, 0.15) is 5.75 Å². The molecule has 1 aromatic heterocycles. The molecule has 108 valence electrons. The van der Waals surface area contributed by atoms with Gasteiger partial charge in [-0.2, -0.15) is 0 Å². The quantitative estimate of drug-likeness (QED) is 0.901. The number of hydrogen-bond acceptors (Lipinski definition) is 3. The number of aromatic amines is 1. The number of nitrogens with zero attached hydrogens (tertiary/aromatic N) is 1. The molecular formula is C15H21N3O2. The van der Waals surface area contributed by atoms with E-state index in [0.29, 0.717) is 0 Å². The second kappa shape index (κ2) is 5.32. The Balaban J connectivity index is 2.05. The van der Waals surface area contributed by atoms with Gasteiger partial charge in [-0.1, -0.05) is 0 Å². The van der Waals surface area contributed by atoms with E-state index >= 15 is 0 Å². The number of aromatic nitrogens is 2. The number of piperidine rings is 1. The number of nitrogens with one attached hydrogen (secondary N) is 2. The van der Waals surface area contributed by atoms with E-state index in [0.717, 1.165) is 42.7 Å². The van der Waals surface area contributed by atoms with Crippen LogP contribution in [0.15, 0.2) is 23.0 Å². The average molecular weight is 275 g/mol. The summed E-state index contributed by atoms with van der Waals surface area (Å²) in [5.74, 6) is 0.814. The van der Waals surface area contributed by atoms with E-state index in [9.17, 15) is 4.79 Å². The van der Waals surface area contributed by atoms with Crippen LogP contribution in [-0.4, -0.2) is 28.7 Å². The molecule has 2 heterocycles. The van der Waals surface area contributed by atoms with Crippen LogP contribution in [0, 0.1) is 0 Å². The number of benzene rings is 1. The highest BCUT2D eigenvalue weighted by molar-refractivity contribution is 5.77. The minimum absolute atomic E-state index is 0.0198. The summed E-state index contributed by atoms with van der Waals surface area (Å²) >= 11 is 0. The van der Waals surface area contributed by atoms with Gasteiger partial charge in [0, 0.05) is 12.1 Å². The highest BCUT2D eigenvalue weighted by Gasteiger charge is 2.19. The fourth-order valence-electron chi connectivity index (χ4n) is 2.87. The van der Waals surface area contributed by atoms with Gasteiger partial charge in [0.25, 0.3) is 0 Å². The Kier molecular flexibility index (Phi) is 3.53. The second-order valence-corrected chi connectivity index (χ2v) is 5.63. The summed E-state index contributed by atoms with van der Waals surface area (Å²) in [6.07, 6.45) is 2.11. The number of ether oxygens (including phenoxy) is 1. The molecule has 1 saturated heterocycles. The van der Waals surface area contributed by atoms with Crippen LogP contribution in [0.5, 0.6) is 5.75 Å². The van der Waals surface area contributed by atoms with Crippen molar-refractivity contribution in [3.8, 4) is 5.75 Å². The maximum absolute atomic E-state index is 12.2. The van der Waals surface area contributed by atoms with Crippen LogP contribution in [0.3, 0.4) is 0 Å². The van der Waals surface area contributed by atoms with E-state index in [-0.39, 0.29) is 17.8 Å². The molecule has 3 rings (SSSR count). The fourth-order valence-corrected chi connectivity index (χ4v) is 2.87. The molecule has 5 heteroatoms. The Morgan fingerprint density at radius 1 is 1.30 bits per heavy atom. The predicted octanol–water partition coefficient (Wildman–Crippen LogP) is 2.04. The molecule has 0 atom stereocenters. The molecule has 0 bridgehead atoms. The van der Waals surface area contributed by atoms with Gasteiger partial charge in [-0.3, -0.25) is 4.57 Å². The van der Waals surface area contributed by atoms with Crippen LogP contribution in [0.2, 0.25) is 0 Å². The maximum Gasteiger partial charge on any atom is 0.326 e. The standard InChI is InChI=1S/C15H21N3O2/c1-10(2)20-12-3-4-13-14(9-12)18(15(19)17-13)11-5-7-16-8-6-11/h3-4,9-11,16H,5-8H2,1-2H3,(H,17,19). The highest BCUT2D eigenvalue weighted by atomic mass is 16.5. The zero-order valence-electron chi connectivity index (χ0n) is 12.0. The molecule has 1 aliphatic heterocycles. The van der Waals surface area contributed by atoms with Crippen molar-refractivity contribution in [2.45, 2.75) is 38.8 Å². The minimum atomic E-state index is -0.0198. The Hall–Kier alpha value is -1.75. The number of imidazole rings is 1. The smallest absolute Gasteiger partial charge is 0.326 e. The summed E-state index contributed by atoms with van der Waals surface area (Å²) < 4.78 is 7.62. The first-order valence-electron chi connectivity index (χ1n) is 7.27. The van der Waals surface area contributed by atoms with Crippen molar-refractivity contribution in [2.75, 3.05) is 13.1 Å². The highest BCUT2D eigenvalue weighted by Crippen LogP contribution is 2.25. The molecule has 2 aromatic rings. The van der Waals surface area contributed by atoms with Gasteiger partial charge < -0.3 is 15.0 Å². The van der Waals surface area contributed by atoms with Crippen molar-refractivity contribution in [1.29, 1.82) is 0 Å². The van der Waals surface area contributed by atoms with Gasteiger partial charge in [0.15, 0.2) is 0 Å². The first-order chi connectivity index (χ1) is 9.65. The van der Waals surface area contributed by atoms with Gasteiger partial charge in [0.05, 0.1) is 17.1 Å². The molecule has 20 heavy (non-hydrogen) atoms. The predicted molar refractivity (Wildman–Crippen MR) is 79.5 cm³/mol. The van der Waals surface area contributed by atoms with E-state index in [1.807, 2.05) is 36.6 Å². The lowest BCUT2D eigenvalue weighted by Gasteiger charge is -2.24. The fraction of sp³-hybridized carbons (Fsp3) is 0.533. The average Bonchev–Trinajstić information content (AvgIpc) is 2.74. The van der Waals surface area contributed by atoms with Crippen molar-refractivity contribution in [2.24, 2.45) is 0 Å². The molecule has 0 unspecified atom stereocenters. The topological polar surface area (TPSA) is 59.1 Å². The van der Waals surface area contributed by atoms with Crippen LogP contribution < -0.4 is 15.7 Å². The van der Waals surface area contributed by atoms with Crippen molar-refractivity contribution >= 4 is 11.0 Å². The molecular weight excluding hydrogens is 254 g/mol. The largest absolute Gasteiger partial charge is 0.491 e. The number of rotatable bonds is 3. The van der Waals surface area contributed by atoms with Gasteiger partial charge in [-0.05, 0) is 51.9 Å². The zero-order chi connectivity index (χ0) is 14.1. The summed E-state index contributed by atoms with van der Waals surface area (Å²) in [6.45, 7) is 5.93. The van der Waals surface area contributed by atoms with Gasteiger partial charge in [-0.15, -0.1) is 0 Å². The Labute approximate surface area is 117 Å². The number of hydrogen-bond donors (Lipinski definition) is 2. The lowest BCUT2D eigenvalue weighted by atomic mass is 10.1. The summed E-state index contributed by atoms with van der Waals surface area (Å²) in [4.78, 5) is 15.2. The lowest BCUT2D eigenvalue weighted by Crippen LogP contribution is -2.33. The number of fused-ring (bicyclic) bond motifs is 1. The summed E-state index contributed by atoms with van der Waals surface area (Å²) in [5.41, 5.74) is 1.80. The van der Waals surface area contributed by atoms with Crippen molar-refractivity contribution in [3.63, 3.8) is 0 Å². The molecule has 5 nitrogen and oxygen atoms in total. The molecule has 1 fully saturated rings. The van der Waals surface area contributed by atoms with Gasteiger partial charge in [0.2, 0.25) is 0 Å². The van der Waals surface area contributed by atoms with Crippen LogP contribution in [0.1, 0.15) is 32.7 Å². The van der Waals surface area contributed by atoms with E-state index in [4.69, 9.17) is 4.74 Å². The summed E-state index contributed by atoms with van der Waals surface area (Å²) in [7, 11) is 0. The molecule has 0 aliphatic carbocycles. The molecule has 0 amide bonds. The lowest BCUT2D eigenvalue weighted by molar-refractivity contribution is 0.242. The van der Waals surface area contributed by atoms with E-state index < -0.39 is 0 Å². The monoisotopic (exact) mass is 275 g/mol. The number of H-pyrrole nitrogens is 1. The summed E-state index contributed by atoms with van der Waals surface area (Å²) in [6, 6.07) is 6.07. The summed E-state index contributed by atoms with van der Waals surface area (Å²) in [5, 5.41) is 3.33. The Bertz CT molecular complexity index is 651. The van der Waals surface area contributed by atoms with Crippen molar-refractivity contribution in [1.82, 2.24) is 14.9 Å². The van der Waals surface area contributed by atoms with Gasteiger partial charge >= 0.3 is 5.69 Å². The van der Waals surface area contributed by atoms with E-state index in [2.05, 4.69) is 10.3 Å². The van der Waals surface area contributed by atoms with Gasteiger partial charge in [-0.25, -0.2) is 4.79 Å². The third-order valence-corrected chi connectivity index (χ3v) is 3.73. The second-order valence-electron chi connectivity index (χ2n) is 5.63. The van der Waals surface area contributed by atoms with E-state index in [1.54, 1.807) is 0 Å². The van der Waals surface area contributed by atoms with Crippen molar-refractivity contribution in [3.05, 3.63) is 28.7 Å². The first kappa shape index (κ1) is 13.2. The zero-order valence-corrected chi connectivity index (χ0v) is 12.0. The Morgan fingerprint density at radius 3 is 2.75 bits per heavy atom. The first-order valence-corrected chi connectivity index (χ1v) is 7.27. The van der Waals surface area contributed by atoms with Crippen LogP contribution in [0.25, 0.3) is 11.0 Å². The molecule has 0 spiro atoms. The molecule has 0 radical (unpaired) electrons. The Morgan fingerprint density at radius 2 is 2.05 bits per heavy atom. The molecule has 1 aromatic carbocycles. The van der Waals surface area contributed by atoms with E-state index in [1.165, 1.54) is 0 Å². The molecule has 0 saturated carbocycles. The van der Waals surface area contributed by atoms with Crippen LogP contribution in [0.4, 0.5) is 0 Å². The molecule has 1 aliphatic rings. The third kappa shape index (κ3) is 2.45. The van der Waals surface area contributed by atoms with Crippen LogP contribution >= 0.6 is 0 Å². The van der Waals surface area contributed by atoms with Crippen molar-refractivity contribution < 1.29 is 4.74 Å². The minimum Gasteiger partial charge on any atom is -0.491 e. The van der Waals surface area contributed by atoms with Crippen LogP contribution in [-0.2, 0) is 0 Å². The third-order valence-electron chi connectivity index (χ3n) is 3.73.